The number of alkyl halides is 1. The average Bonchev–Trinajstić information content (AvgIpc) is 3.04. The van der Waals surface area contributed by atoms with Gasteiger partial charge in [-0.15, -0.1) is 22.9 Å². The normalized spacial score (nSPS) is 19.8. The second-order valence-corrected chi connectivity index (χ2v) is 8.06. The van der Waals surface area contributed by atoms with Crippen LogP contribution in [0.5, 0.6) is 0 Å². The Labute approximate surface area is 131 Å². The summed E-state index contributed by atoms with van der Waals surface area (Å²) in [5, 5.41) is 3.83. The highest BCUT2D eigenvalue weighted by Gasteiger charge is 2.42. The molecule has 2 aromatic rings. The fourth-order valence-corrected chi connectivity index (χ4v) is 5.53. The fraction of sp³-hybridized carbons (Fsp3) is 0.556. The molecule has 0 nitrogen and oxygen atoms in total. The molecule has 0 aliphatic heterocycles. The number of rotatable bonds is 4. The second kappa shape index (κ2) is 5.69. The molecule has 0 spiro atoms. The smallest absolute Gasteiger partial charge is 0.0655 e. The van der Waals surface area contributed by atoms with Gasteiger partial charge in [-0.2, -0.15) is 0 Å². The Bertz CT molecular complexity index is 578. The number of thiophene rings is 1. The molecule has 1 aromatic carbocycles. The minimum atomic E-state index is 0.170. The fourth-order valence-electron chi connectivity index (χ4n) is 3.98. The minimum absolute atomic E-state index is 0.170. The molecule has 0 N–H and O–H groups in total. The van der Waals surface area contributed by atoms with Crippen LogP contribution in [0, 0.1) is 11.3 Å². The van der Waals surface area contributed by atoms with Gasteiger partial charge in [0.1, 0.15) is 0 Å². The third kappa shape index (κ3) is 2.51. The third-order valence-corrected chi connectivity index (χ3v) is 6.42. The summed E-state index contributed by atoms with van der Waals surface area (Å²) in [6.45, 7) is 4.66. The van der Waals surface area contributed by atoms with E-state index in [1.807, 2.05) is 11.3 Å². The summed E-state index contributed by atoms with van der Waals surface area (Å²) < 4.78 is 1.37. The van der Waals surface area contributed by atoms with Crippen LogP contribution in [0.25, 0.3) is 10.1 Å². The van der Waals surface area contributed by atoms with Gasteiger partial charge >= 0.3 is 0 Å². The molecule has 0 amide bonds. The lowest BCUT2D eigenvalue weighted by Gasteiger charge is -2.35. The quantitative estimate of drug-likeness (QED) is 0.546. The highest BCUT2D eigenvalue weighted by molar-refractivity contribution is 7.17. The molecule has 1 aliphatic rings. The highest BCUT2D eigenvalue weighted by Crippen LogP contribution is 2.56. The summed E-state index contributed by atoms with van der Waals surface area (Å²) >= 11 is 8.87. The summed E-state index contributed by atoms with van der Waals surface area (Å²) in [6, 6.07) is 8.68. The Balaban J connectivity index is 1.99. The van der Waals surface area contributed by atoms with Crippen LogP contribution in [0.1, 0.15) is 56.9 Å². The molecule has 0 bridgehead atoms. The second-order valence-electron chi connectivity index (χ2n) is 6.72. The van der Waals surface area contributed by atoms with Crippen molar-refractivity contribution in [3.05, 3.63) is 35.2 Å². The summed E-state index contributed by atoms with van der Waals surface area (Å²) in [4.78, 5) is 0. The molecular formula is C18H23ClS. The van der Waals surface area contributed by atoms with Gasteiger partial charge in [0, 0.05) is 4.70 Å². The molecule has 1 atom stereocenters. The summed E-state index contributed by atoms with van der Waals surface area (Å²) in [7, 11) is 0. The topological polar surface area (TPSA) is 0 Å². The first-order chi connectivity index (χ1) is 9.62. The van der Waals surface area contributed by atoms with Crippen molar-refractivity contribution in [3.63, 3.8) is 0 Å². The van der Waals surface area contributed by atoms with Crippen molar-refractivity contribution in [1.82, 2.24) is 0 Å². The van der Waals surface area contributed by atoms with E-state index >= 15 is 0 Å². The average molecular weight is 307 g/mol. The molecule has 1 heterocycles. The molecular weight excluding hydrogens is 284 g/mol. The summed E-state index contributed by atoms with van der Waals surface area (Å²) in [5.41, 5.74) is 1.69. The van der Waals surface area contributed by atoms with E-state index in [9.17, 15) is 0 Å². The molecule has 1 saturated carbocycles. The van der Waals surface area contributed by atoms with Crippen molar-refractivity contribution >= 4 is 33.0 Å². The van der Waals surface area contributed by atoms with Crippen LogP contribution in [0.3, 0.4) is 0 Å². The van der Waals surface area contributed by atoms with Crippen LogP contribution < -0.4 is 0 Å². The van der Waals surface area contributed by atoms with Crippen LogP contribution in [0.4, 0.5) is 0 Å². The number of halogens is 1. The van der Waals surface area contributed by atoms with Crippen molar-refractivity contribution in [2.24, 2.45) is 11.3 Å². The summed E-state index contributed by atoms with van der Waals surface area (Å²) in [6.07, 6.45) is 6.54. The molecule has 108 valence electrons. The van der Waals surface area contributed by atoms with Crippen molar-refractivity contribution in [2.75, 3.05) is 0 Å². The zero-order valence-electron chi connectivity index (χ0n) is 12.4. The SMILES string of the molecule is CC(C)CC1(C(Cl)c2csc3ccccc23)CCCC1. The van der Waals surface area contributed by atoms with Crippen molar-refractivity contribution in [3.8, 4) is 0 Å². The van der Waals surface area contributed by atoms with Crippen LogP contribution >= 0.6 is 22.9 Å². The van der Waals surface area contributed by atoms with Gasteiger partial charge in [0.25, 0.3) is 0 Å². The lowest BCUT2D eigenvalue weighted by molar-refractivity contribution is 0.224. The molecule has 1 fully saturated rings. The maximum absolute atomic E-state index is 7.04. The van der Waals surface area contributed by atoms with Crippen molar-refractivity contribution < 1.29 is 0 Å². The Kier molecular flexibility index (Phi) is 4.10. The van der Waals surface area contributed by atoms with Crippen LogP contribution in [-0.4, -0.2) is 0 Å². The largest absolute Gasteiger partial charge is 0.143 e. The van der Waals surface area contributed by atoms with Gasteiger partial charge < -0.3 is 0 Å². The minimum Gasteiger partial charge on any atom is -0.143 e. The van der Waals surface area contributed by atoms with Crippen LogP contribution in [0.15, 0.2) is 29.6 Å². The lowest BCUT2D eigenvalue weighted by atomic mass is 9.73. The molecule has 1 aliphatic carbocycles. The van der Waals surface area contributed by atoms with Crippen LogP contribution in [0.2, 0.25) is 0 Å². The molecule has 20 heavy (non-hydrogen) atoms. The predicted molar refractivity (Wildman–Crippen MR) is 90.8 cm³/mol. The standard InChI is InChI=1S/C18H23ClS/c1-13(2)11-18(9-5-6-10-18)17(19)15-12-20-16-8-4-3-7-14(15)16/h3-4,7-8,12-13,17H,5-6,9-11H2,1-2H3. The van der Waals surface area contributed by atoms with Gasteiger partial charge in [-0.05, 0) is 53.0 Å². The molecule has 1 unspecified atom stereocenters. The number of hydrogen-bond donors (Lipinski definition) is 0. The van der Waals surface area contributed by atoms with E-state index in [2.05, 4.69) is 43.5 Å². The molecule has 3 rings (SSSR count). The monoisotopic (exact) mass is 306 g/mol. The third-order valence-electron chi connectivity index (χ3n) is 4.74. The number of hydrogen-bond acceptors (Lipinski definition) is 1. The van der Waals surface area contributed by atoms with Crippen molar-refractivity contribution in [1.29, 1.82) is 0 Å². The summed E-state index contributed by atoms with van der Waals surface area (Å²) in [5.74, 6) is 0.722. The van der Waals surface area contributed by atoms with Gasteiger partial charge in [-0.3, -0.25) is 0 Å². The Morgan fingerprint density at radius 3 is 2.60 bits per heavy atom. The van der Waals surface area contributed by atoms with E-state index in [1.54, 1.807) is 0 Å². The number of benzene rings is 1. The van der Waals surface area contributed by atoms with E-state index < -0.39 is 0 Å². The van der Waals surface area contributed by atoms with E-state index in [4.69, 9.17) is 11.6 Å². The van der Waals surface area contributed by atoms with E-state index in [-0.39, 0.29) is 5.38 Å². The highest BCUT2D eigenvalue weighted by atomic mass is 35.5. The maximum Gasteiger partial charge on any atom is 0.0655 e. The Morgan fingerprint density at radius 1 is 1.20 bits per heavy atom. The first kappa shape index (κ1) is 14.4. The van der Waals surface area contributed by atoms with E-state index in [1.165, 1.54) is 47.8 Å². The zero-order chi connectivity index (χ0) is 14.2. The number of fused-ring (bicyclic) bond motifs is 1. The van der Waals surface area contributed by atoms with Gasteiger partial charge in [-0.1, -0.05) is 44.9 Å². The van der Waals surface area contributed by atoms with E-state index in [0.717, 1.165) is 5.92 Å². The van der Waals surface area contributed by atoms with Crippen LogP contribution in [-0.2, 0) is 0 Å². The van der Waals surface area contributed by atoms with Gasteiger partial charge in [0.05, 0.1) is 5.38 Å². The maximum atomic E-state index is 7.04. The predicted octanol–water partition coefficient (Wildman–Crippen LogP) is 6.79. The Hall–Kier alpha value is -0.530. The zero-order valence-corrected chi connectivity index (χ0v) is 13.9. The van der Waals surface area contributed by atoms with Gasteiger partial charge in [0.15, 0.2) is 0 Å². The lowest BCUT2D eigenvalue weighted by Crippen LogP contribution is -2.24. The van der Waals surface area contributed by atoms with E-state index in [0.29, 0.717) is 5.41 Å². The van der Waals surface area contributed by atoms with Crippen molar-refractivity contribution in [2.45, 2.75) is 51.3 Å². The molecule has 0 saturated heterocycles. The first-order valence-corrected chi connectivity index (χ1v) is 9.04. The molecule has 2 heteroatoms. The molecule has 0 radical (unpaired) electrons. The Morgan fingerprint density at radius 2 is 1.90 bits per heavy atom. The first-order valence-electron chi connectivity index (χ1n) is 7.73. The molecule has 1 aromatic heterocycles. The van der Waals surface area contributed by atoms with Gasteiger partial charge in [0.2, 0.25) is 0 Å². The van der Waals surface area contributed by atoms with Gasteiger partial charge in [-0.25, -0.2) is 0 Å².